The van der Waals surface area contributed by atoms with Gasteiger partial charge in [-0.2, -0.15) is 0 Å². The number of esters is 3. The minimum Gasteiger partial charge on any atom is -0.462 e. The van der Waals surface area contributed by atoms with Gasteiger partial charge in [-0.1, -0.05) is 256 Å². The molecule has 0 saturated heterocycles. The van der Waals surface area contributed by atoms with Gasteiger partial charge in [0.1, 0.15) is 13.2 Å². The van der Waals surface area contributed by atoms with Gasteiger partial charge in [0.15, 0.2) is 6.10 Å². The monoisotopic (exact) mass is 869 g/mol. The fourth-order valence-electron chi connectivity index (χ4n) is 7.63. The first-order chi connectivity index (χ1) is 30.5. The van der Waals surface area contributed by atoms with Crippen molar-refractivity contribution in [1.82, 2.24) is 0 Å². The van der Waals surface area contributed by atoms with Crippen LogP contribution in [0.5, 0.6) is 0 Å². The lowest BCUT2D eigenvalue weighted by molar-refractivity contribution is -0.166. The van der Waals surface area contributed by atoms with E-state index in [2.05, 4.69) is 63.3 Å². The van der Waals surface area contributed by atoms with Crippen LogP contribution in [0, 0.1) is 0 Å². The molecule has 360 valence electrons. The van der Waals surface area contributed by atoms with Gasteiger partial charge in [0.05, 0.1) is 0 Å². The lowest BCUT2D eigenvalue weighted by atomic mass is 10.0. The number of carbonyl (C=O) groups excluding carboxylic acids is 3. The number of allylic oxidation sites excluding steroid dienone is 8. The Bertz CT molecular complexity index is 1090. The van der Waals surface area contributed by atoms with Crippen molar-refractivity contribution in [3.05, 3.63) is 48.6 Å². The lowest BCUT2D eigenvalue weighted by Crippen LogP contribution is -2.30. The van der Waals surface area contributed by atoms with Gasteiger partial charge in [0, 0.05) is 19.3 Å². The molecule has 0 heterocycles. The van der Waals surface area contributed by atoms with Crippen molar-refractivity contribution in [3.8, 4) is 0 Å². The summed E-state index contributed by atoms with van der Waals surface area (Å²) in [5, 5.41) is 0. The summed E-state index contributed by atoms with van der Waals surface area (Å²) in [4.78, 5) is 37.9. The van der Waals surface area contributed by atoms with E-state index in [-0.39, 0.29) is 37.5 Å². The standard InChI is InChI=1S/C56H100O6/c1-4-7-10-13-16-19-22-25-27-28-29-32-34-37-40-43-46-49-55(58)61-52-53(51-60-54(57)48-45-42-39-36-33-30-24-21-18-15-12-9-6-3)62-56(59)50-47-44-41-38-35-31-26-23-20-17-14-11-8-5-2/h9,12,18,21,30,33,39,42,53H,4-8,10-11,13-17,19-20,22-29,31-32,34-38,40-41,43-52H2,1-3H3/b12-9-,21-18-,33-30-,42-39-. The van der Waals surface area contributed by atoms with Crippen molar-refractivity contribution in [2.45, 2.75) is 277 Å². The molecule has 0 aliphatic rings. The topological polar surface area (TPSA) is 78.9 Å². The highest BCUT2D eigenvalue weighted by Gasteiger charge is 2.19. The highest BCUT2D eigenvalue weighted by molar-refractivity contribution is 5.71. The summed E-state index contributed by atoms with van der Waals surface area (Å²) in [6.45, 7) is 6.49. The first-order valence-electron chi connectivity index (χ1n) is 26.6. The van der Waals surface area contributed by atoms with Crippen molar-refractivity contribution in [2.24, 2.45) is 0 Å². The first kappa shape index (κ1) is 59.4. The first-order valence-corrected chi connectivity index (χ1v) is 26.6. The average molecular weight is 869 g/mol. The maximum Gasteiger partial charge on any atom is 0.306 e. The zero-order valence-corrected chi connectivity index (χ0v) is 41.1. The van der Waals surface area contributed by atoms with E-state index in [0.717, 1.165) is 64.2 Å². The second-order valence-corrected chi connectivity index (χ2v) is 17.8. The Morgan fingerprint density at radius 3 is 0.984 bits per heavy atom. The summed E-state index contributed by atoms with van der Waals surface area (Å²) in [6.07, 6.45) is 61.1. The van der Waals surface area contributed by atoms with E-state index in [1.807, 2.05) is 6.08 Å². The summed E-state index contributed by atoms with van der Waals surface area (Å²) in [5.74, 6) is -0.964. The van der Waals surface area contributed by atoms with Gasteiger partial charge >= 0.3 is 17.9 Å². The number of carbonyl (C=O) groups is 3. The van der Waals surface area contributed by atoms with E-state index in [1.54, 1.807) is 0 Å². The van der Waals surface area contributed by atoms with Crippen molar-refractivity contribution < 1.29 is 28.6 Å². The van der Waals surface area contributed by atoms with Crippen LogP contribution in [0.15, 0.2) is 48.6 Å². The van der Waals surface area contributed by atoms with Crippen LogP contribution in [-0.2, 0) is 28.6 Å². The Labute approximate surface area is 384 Å². The van der Waals surface area contributed by atoms with Gasteiger partial charge in [-0.25, -0.2) is 0 Å². The second kappa shape index (κ2) is 51.0. The van der Waals surface area contributed by atoms with Gasteiger partial charge in [0.2, 0.25) is 0 Å². The third kappa shape index (κ3) is 48.4. The molecule has 1 unspecified atom stereocenters. The van der Waals surface area contributed by atoms with E-state index < -0.39 is 6.10 Å². The third-order valence-electron chi connectivity index (χ3n) is 11.6. The molecule has 0 aliphatic heterocycles. The number of rotatable bonds is 48. The zero-order valence-electron chi connectivity index (χ0n) is 41.1. The molecule has 1 atom stereocenters. The highest BCUT2D eigenvalue weighted by atomic mass is 16.6. The predicted octanol–water partition coefficient (Wildman–Crippen LogP) is 17.5. The molecule has 0 fully saturated rings. The number of hydrogen-bond donors (Lipinski definition) is 0. The Balaban J connectivity index is 4.39. The van der Waals surface area contributed by atoms with Gasteiger partial charge in [-0.3, -0.25) is 14.4 Å². The Kier molecular flexibility index (Phi) is 48.8. The van der Waals surface area contributed by atoms with Crippen molar-refractivity contribution in [2.75, 3.05) is 13.2 Å². The molecule has 0 radical (unpaired) electrons. The maximum atomic E-state index is 12.8. The summed E-state index contributed by atoms with van der Waals surface area (Å²) in [6, 6.07) is 0. The van der Waals surface area contributed by atoms with Gasteiger partial charge in [-0.15, -0.1) is 0 Å². The molecular formula is C56H100O6. The fourth-order valence-corrected chi connectivity index (χ4v) is 7.63. The SMILES string of the molecule is CC/C=C\C/C=C\C/C=C\C/C=C\CCC(=O)OCC(COC(=O)CCCCCCCCCCCCCCCCCCC)OC(=O)CCCCCCCCCCCCCCCC. The number of ether oxygens (including phenoxy) is 3. The molecule has 0 aromatic heterocycles. The minimum absolute atomic E-state index is 0.0909. The normalized spacial score (nSPS) is 12.4. The quantitative estimate of drug-likeness (QED) is 0.0262. The Morgan fingerprint density at radius 2 is 0.629 bits per heavy atom. The maximum absolute atomic E-state index is 12.8. The molecule has 0 amide bonds. The van der Waals surface area contributed by atoms with Crippen LogP contribution in [-0.4, -0.2) is 37.2 Å². The van der Waals surface area contributed by atoms with E-state index >= 15 is 0 Å². The van der Waals surface area contributed by atoms with Gasteiger partial charge < -0.3 is 14.2 Å². The van der Waals surface area contributed by atoms with E-state index in [0.29, 0.717) is 19.3 Å². The van der Waals surface area contributed by atoms with Crippen LogP contribution in [0.4, 0.5) is 0 Å². The summed E-state index contributed by atoms with van der Waals surface area (Å²) < 4.78 is 16.7. The van der Waals surface area contributed by atoms with Crippen LogP contribution in [0.3, 0.4) is 0 Å². The molecule has 0 aromatic rings. The minimum atomic E-state index is -0.796. The molecular weight excluding hydrogens is 769 g/mol. The van der Waals surface area contributed by atoms with Crippen LogP contribution < -0.4 is 0 Å². The van der Waals surface area contributed by atoms with Crippen LogP contribution in [0.25, 0.3) is 0 Å². The molecule has 0 saturated carbocycles. The molecule has 0 N–H and O–H groups in total. The third-order valence-corrected chi connectivity index (χ3v) is 11.6. The molecule has 62 heavy (non-hydrogen) atoms. The average Bonchev–Trinajstić information content (AvgIpc) is 3.27. The highest BCUT2D eigenvalue weighted by Crippen LogP contribution is 2.16. The van der Waals surface area contributed by atoms with Gasteiger partial charge in [-0.05, 0) is 44.9 Å². The van der Waals surface area contributed by atoms with Crippen LogP contribution in [0.1, 0.15) is 271 Å². The van der Waals surface area contributed by atoms with E-state index in [9.17, 15) is 14.4 Å². The molecule has 6 nitrogen and oxygen atoms in total. The Morgan fingerprint density at radius 1 is 0.339 bits per heavy atom. The largest absolute Gasteiger partial charge is 0.462 e. The van der Waals surface area contributed by atoms with Crippen molar-refractivity contribution >= 4 is 17.9 Å². The molecule has 0 aliphatic carbocycles. The van der Waals surface area contributed by atoms with E-state index in [4.69, 9.17) is 14.2 Å². The van der Waals surface area contributed by atoms with Crippen LogP contribution >= 0.6 is 0 Å². The Hall–Kier alpha value is -2.63. The van der Waals surface area contributed by atoms with E-state index in [1.165, 1.54) is 161 Å². The van der Waals surface area contributed by atoms with Crippen LogP contribution in [0.2, 0.25) is 0 Å². The predicted molar refractivity (Wildman–Crippen MR) is 265 cm³/mol. The molecule has 0 spiro atoms. The number of unbranched alkanes of at least 4 members (excludes halogenated alkanes) is 29. The van der Waals surface area contributed by atoms with Gasteiger partial charge in [0.25, 0.3) is 0 Å². The molecule has 0 aromatic carbocycles. The summed E-state index contributed by atoms with van der Waals surface area (Å²) in [5.41, 5.74) is 0. The lowest BCUT2D eigenvalue weighted by Gasteiger charge is -2.18. The number of hydrogen-bond acceptors (Lipinski definition) is 6. The fraction of sp³-hybridized carbons (Fsp3) is 0.804. The molecule has 6 heteroatoms. The second-order valence-electron chi connectivity index (χ2n) is 17.8. The smallest absolute Gasteiger partial charge is 0.306 e. The van der Waals surface area contributed by atoms with Crippen molar-refractivity contribution in [3.63, 3.8) is 0 Å². The molecule has 0 rings (SSSR count). The zero-order chi connectivity index (χ0) is 45.1. The summed E-state index contributed by atoms with van der Waals surface area (Å²) >= 11 is 0. The van der Waals surface area contributed by atoms with Crippen molar-refractivity contribution in [1.29, 1.82) is 0 Å². The molecule has 0 bridgehead atoms. The summed E-state index contributed by atoms with van der Waals surface area (Å²) in [7, 11) is 0.